The van der Waals surface area contributed by atoms with Crippen molar-refractivity contribution in [2.24, 2.45) is 5.92 Å². The molecule has 0 bridgehead atoms. The van der Waals surface area contributed by atoms with Gasteiger partial charge >= 0.3 is 0 Å². The summed E-state index contributed by atoms with van der Waals surface area (Å²) in [6, 6.07) is 4.15. The fourth-order valence-electron chi connectivity index (χ4n) is 2.72. The molecule has 100 valence electrons. The first-order valence-electron chi connectivity index (χ1n) is 6.94. The Bertz CT molecular complexity index is 547. The summed E-state index contributed by atoms with van der Waals surface area (Å²) in [7, 11) is 0. The highest BCUT2D eigenvalue weighted by molar-refractivity contribution is 5.17. The van der Waals surface area contributed by atoms with Gasteiger partial charge in [-0.1, -0.05) is 6.07 Å². The van der Waals surface area contributed by atoms with E-state index in [0.717, 1.165) is 31.7 Å². The number of hydrogen-bond donors (Lipinski definition) is 1. The molecule has 1 aliphatic heterocycles. The molecule has 0 spiro atoms. The second kappa shape index (κ2) is 5.53. The summed E-state index contributed by atoms with van der Waals surface area (Å²) >= 11 is 0. The number of imidazole rings is 1. The van der Waals surface area contributed by atoms with Gasteiger partial charge in [-0.05, 0) is 37.4 Å². The second-order valence-corrected chi connectivity index (χ2v) is 5.28. The minimum absolute atomic E-state index is 0.707. The van der Waals surface area contributed by atoms with Crippen molar-refractivity contribution >= 4 is 0 Å². The van der Waals surface area contributed by atoms with Crippen LogP contribution in [0.15, 0.2) is 30.7 Å². The summed E-state index contributed by atoms with van der Waals surface area (Å²) in [6.45, 7) is 5.13. The lowest BCUT2D eigenvalue weighted by molar-refractivity contribution is 0.347. The van der Waals surface area contributed by atoms with Crippen LogP contribution in [0.4, 0.5) is 0 Å². The SMILES string of the molecule is Cc1ncccc1CNC[C@H]1CCc2nccn2C1. The van der Waals surface area contributed by atoms with Crippen molar-refractivity contribution in [3.63, 3.8) is 0 Å². The van der Waals surface area contributed by atoms with Crippen molar-refractivity contribution in [1.29, 1.82) is 0 Å². The van der Waals surface area contributed by atoms with Gasteiger partial charge in [-0.15, -0.1) is 0 Å². The number of nitrogens with zero attached hydrogens (tertiary/aromatic N) is 3. The van der Waals surface area contributed by atoms with E-state index in [-0.39, 0.29) is 0 Å². The molecular formula is C15H20N4. The molecule has 1 N–H and O–H groups in total. The van der Waals surface area contributed by atoms with Crippen molar-refractivity contribution < 1.29 is 0 Å². The van der Waals surface area contributed by atoms with Crippen LogP contribution < -0.4 is 5.32 Å². The normalized spacial score (nSPS) is 18.3. The van der Waals surface area contributed by atoms with Gasteiger partial charge < -0.3 is 9.88 Å². The maximum atomic E-state index is 4.36. The first-order valence-corrected chi connectivity index (χ1v) is 6.94. The third-order valence-electron chi connectivity index (χ3n) is 3.90. The van der Waals surface area contributed by atoms with E-state index in [0.29, 0.717) is 5.92 Å². The lowest BCUT2D eigenvalue weighted by Gasteiger charge is -2.24. The molecule has 0 aromatic carbocycles. The van der Waals surface area contributed by atoms with Gasteiger partial charge in [0.25, 0.3) is 0 Å². The lowest BCUT2D eigenvalue weighted by Crippen LogP contribution is -2.29. The smallest absolute Gasteiger partial charge is 0.108 e. The Balaban J connectivity index is 1.50. The van der Waals surface area contributed by atoms with Gasteiger partial charge in [0.1, 0.15) is 5.82 Å². The van der Waals surface area contributed by atoms with Crippen LogP contribution >= 0.6 is 0 Å². The van der Waals surface area contributed by atoms with E-state index in [4.69, 9.17) is 0 Å². The summed E-state index contributed by atoms with van der Waals surface area (Å²) in [6.07, 6.45) is 8.18. The maximum absolute atomic E-state index is 4.36. The van der Waals surface area contributed by atoms with Gasteiger partial charge in [0.15, 0.2) is 0 Å². The molecule has 0 amide bonds. The van der Waals surface area contributed by atoms with E-state index >= 15 is 0 Å². The van der Waals surface area contributed by atoms with Crippen LogP contribution in [0.1, 0.15) is 23.5 Å². The highest BCUT2D eigenvalue weighted by Crippen LogP contribution is 2.18. The Morgan fingerprint density at radius 3 is 3.21 bits per heavy atom. The number of rotatable bonds is 4. The zero-order valence-corrected chi connectivity index (χ0v) is 11.3. The zero-order chi connectivity index (χ0) is 13.1. The van der Waals surface area contributed by atoms with Crippen LogP contribution in [0.2, 0.25) is 0 Å². The number of aromatic nitrogens is 3. The van der Waals surface area contributed by atoms with Gasteiger partial charge in [-0.3, -0.25) is 4.98 Å². The monoisotopic (exact) mass is 256 g/mol. The molecule has 2 aromatic heterocycles. The predicted molar refractivity (Wildman–Crippen MR) is 74.7 cm³/mol. The lowest BCUT2D eigenvalue weighted by atomic mass is 9.99. The standard InChI is InChI=1S/C15H20N4/c1-12-14(3-2-6-17-12)10-16-9-13-4-5-15-18-7-8-19(15)11-13/h2-3,6-8,13,16H,4-5,9-11H2,1H3/t13-/m1/s1. The Hall–Kier alpha value is -1.68. The molecular weight excluding hydrogens is 236 g/mol. The molecule has 19 heavy (non-hydrogen) atoms. The molecule has 4 nitrogen and oxygen atoms in total. The molecule has 3 heterocycles. The summed E-state index contributed by atoms with van der Waals surface area (Å²) in [5.74, 6) is 1.94. The van der Waals surface area contributed by atoms with E-state index in [1.54, 1.807) is 0 Å². The molecule has 0 saturated heterocycles. The van der Waals surface area contributed by atoms with E-state index in [9.17, 15) is 0 Å². The summed E-state index contributed by atoms with van der Waals surface area (Å²) in [5, 5.41) is 3.56. The molecule has 4 heteroatoms. The summed E-state index contributed by atoms with van der Waals surface area (Å²) < 4.78 is 2.28. The van der Waals surface area contributed by atoms with Crippen molar-refractivity contribution in [2.45, 2.75) is 32.9 Å². The van der Waals surface area contributed by atoms with Crippen LogP contribution in [0, 0.1) is 12.8 Å². The fraction of sp³-hybridized carbons (Fsp3) is 0.467. The first kappa shape index (κ1) is 12.4. The summed E-state index contributed by atoms with van der Waals surface area (Å²) in [4.78, 5) is 8.68. The van der Waals surface area contributed by atoms with Crippen molar-refractivity contribution in [2.75, 3.05) is 6.54 Å². The van der Waals surface area contributed by atoms with Crippen LogP contribution in [-0.2, 0) is 19.5 Å². The molecule has 0 radical (unpaired) electrons. The zero-order valence-electron chi connectivity index (χ0n) is 11.3. The molecule has 0 saturated carbocycles. The quantitative estimate of drug-likeness (QED) is 0.909. The Morgan fingerprint density at radius 2 is 2.32 bits per heavy atom. The first-order chi connectivity index (χ1) is 9.33. The minimum atomic E-state index is 0.707. The highest BCUT2D eigenvalue weighted by atomic mass is 15.1. The molecule has 0 fully saturated rings. The minimum Gasteiger partial charge on any atom is -0.335 e. The van der Waals surface area contributed by atoms with Gasteiger partial charge in [-0.25, -0.2) is 4.98 Å². The van der Waals surface area contributed by atoms with Crippen molar-refractivity contribution in [1.82, 2.24) is 19.9 Å². The molecule has 3 rings (SSSR count). The molecule has 2 aromatic rings. The summed E-state index contributed by atoms with van der Waals surface area (Å²) in [5.41, 5.74) is 2.41. The third-order valence-corrected chi connectivity index (χ3v) is 3.90. The topological polar surface area (TPSA) is 42.7 Å². The number of nitrogens with one attached hydrogen (secondary N) is 1. The van der Waals surface area contributed by atoms with E-state index < -0.39 is 0 Å². The number of aryl methyl sites for hydroxylation is 2. The van der Waals surface area contributed by atoms with Crippen LogP contribution in [0.25, 0.3) is 0 Å². The third kappa shape index (κ3) is 2.84. The maximum Gasteiger partial charge on any atom is 0.108 e. The predicted octanol–water partition coefficient (Wildman–Crippen LogP) is 1.94. The molecule has 1 aliphatic rings. The van der Waals surface area contributed by atoms with E-state index in [1.807, 2.05) is 18.5 Å². The van der Waals surface area contributed by atoms with Crippen molar-refractivity contribution in [3.8, 4) is 0 Å². The highest BCUT2D eigenvalue weighted by Gasteiger charge is 2.18. The van der Waals surface area contributed by atoms with Crippen LogP contribution in [0.5, 0.6) is 0 Å². The van der Waals surface area contributed by atoms with Gasteiger partial charge in [-0.2, -0.15) is 0 Å². The second-order valence-electron chi connectivity index (χ2n) is 5.28. The number of pyridine rings is 1. The Morgan fingerprint density at radius 1 is 1.37 bits per heavy atom. The number of hydrogen-bond acceptors (Lipinski definition) is 3. The van der Waals surface area contributed by atoms with E-state index in [1.165, 1.54) is 17.8 Å². The Labute approximate surface area is 113 Å². The average molecular weight is 256 g/mol. The van der Waals surface area contributed by atoms with Crippen LogP contribution in [0.3, 0.4) is 0 Å². The fourth-order valence-corrected chi connectivity index (χ4v) is 2.72. The molecule has 0 unspecified atom stereocenters. The average Bonchev–Trinajstić information content (AvgIpc) is 2.88. The van der Waals surface area contributed by atoms with Crippen LogP contribution in [-0.4, -0.2) is 21.1 Å². The number of fused-ring (bicyclic) bond motifs is 1. The van der Waals surface area contributed by atoms with Gasteiger partial charge in [0, 0.05) is 43.8 Å². The van der Waals surface area contributed by atoms with Crippen molar-refractivity contribution in [3.05, 3.63) is 47.8 Å². The van der Waals surface area contributed by atoms with Gasteiger partial charge in [0.05, 0.1) is 0 Å². The largest absolute Gasteiger partial charge is 0.335 e. The van der Waals surface area contributed by atoms with Gasteiger partial charge in [0.2, 0.25) is 0 Å². The van der Waals surface area contributed by atoms with E-state index in [2.05, 4.69) is 39.0 Å². The Kier molecular flexibility index (Phi) is 3.60. The molecule has 0 aliphatic carbocycles. The molecule has 1 atom stereocenters.